The van der Waals surface area contributed by atoms with Gasteiger partial charge < -0.3 is 28.4 Å². The molecule has 1 amide bonds. The molecule has 0 atom stereocenters. The van der Waals surface area contributed by atoms with Crippen LogP contribution in [-0.2, 0) is 18.3 Å². The van der Waals surface area contributed by atoms with Gasteiger partial charge in [-0.15, -0.1) is 0 Å². The molecule has 1 aliphatic rings. The van der Waals surface area contributed by atoms with Gasteiger partial charge in [0, 0.05) is 68.9 Å². The molecule has 0 spiro atoms. The van der Waals surface area contributed by atoms with Gasteiger partial charge >= 0.3 is 0 Å². The number of likely N-dealkylation sites (tertiary alicyclic amines) is 1. The first-order chi connectivity index (χ1) is 15.4. The van der Waals surface area contributed by atoms with Crippen LogP contribution < -0.4 is 24.5 Å². The molecule has 1 aromatic carbocycles. The summed E-state index contributed by atoms with van der Waals surface area (Å²) in [6, 6.07) is 6.97. The van der Waals surface area contributed by atoms with E-state index >= 15 is 0 Å². The van der Waals surface area contributed by atoms with Gasteiger partial charge in [-0.25, -0.2) is 0 Å². The number of benzene rings is 1. The number of aromatic nitrogens is 1. The van der Waals surface area contributed by atoms with Crippen LogP contribution in [0.5, 0.6) is 23.0 Å². The monoisotopic (exact) mass is 444 g/mol. The number of piperidine rings is 1. The van der Waals surface area contributed by atoms with E-state index in [-0.39, 0.29) is 17.6 Å². The number of nitrogens with zero attached hydrogens (tertiary/aromatic N) is 2. The zero-order chi connectivity index (χ0) is 23.3. The van der Waals surface area contributed by atoms with Crippen molar-refractivity contribution in [3.05, 3.63) is 45.9 Å². The highest BCUT2D eigenvalue weighted by molar-refractivity contribution is 5.77. The third-order valence-electron chi connectivity index (χ3n) is 5.98. The van der Waals surface area contributed by atoms with Gasteiger partial charge in [-0.2, -0.15) is 0 Å². The number of hydrogen-bond donors (Lipinski definition) is 0. The predicted octanol–water partition coefficient (Wildman–Crippen LogP) is 2.72. The largest absolute Gasteiger partial charge is 0.496 e. The number of carbonyl (C=O) groups is 1. The number of amides is 1. The Bertz CT molecular complexity index is 983. The molecular weight excluding hydrogens is 412 g/mol. The van der Waals surface area contributed by atoms with Gasteiger partial charge in [-0.05, 0) is 19.4 Å². The number of rotatable bonds is 8. The molecule has 3 rings (SSSR count). The van der Waals surface area contributed by atoms with E-state index < -0.39 is 0 Å². The van der Waals surface area contributed by atoms with E-state index in [1.807, 2.05) is 17.9 Å². The van der Waals surface area contributed by atoms with Crippen molar-refractivity contribution in [2.24, 2.45) is 7.05 Å². The third kappa shape index (κ3) is 5.36. The predicted molar refractivity (Wildman–Crippen MR) is 121 cm³/mol. The maximum Gasteiger partial charge on any atom is 0.254 e. The van der Waals surface area contributed by atoms with Crippen LogP contribution in [0.15, 0.2) is 29.1 Å². The Morgan fingerprint density at radius 3 is 2.12 bits per heavy atom. The van der Waals surface area contributed by atoms with Gasteiger partial charge in [-0.3, -0.25) is 9.59 Å². The summed E-state index contributed by atoms with van der Waals surface area (Å²) in [5.74, 6) is 2.61. The van der Waals surface area contributed by atoms with E-state index in [1.54, 1.807) is 45.1 Å². The van der Waals surface area contributed by atoms with E-state index in [2.05, 4.69) is 0 Å². The average Bonchev–Trinajstić information content (AvgIpc) is 2.80. The van der Waals surface area contributed by atoms with E-state index in [1.165, 1.54) is 6.07 Å². The minimum absolute atomic E-state index is 0.00710. The molecule has 0 radical (unpaired) electrons. The fourth-order valence-electron chi connectivity index (χ4n) is 3.93. The van der Waals surface area contributed by atoms with Gasteiger partial charge in [0.1, 0.15) is 29.1 Å². The standard InChI is InChI=1S/C24H32N2O6/c1-16-12-19(15-24(28)25(16)2)32-17-8-10-26(11-9-17)23(27)7-6-20-21(30-4)13-18(29-3)14-22(20)31-5/h12-15,17H,6-11H2,1-5H3. The van der Waals surface area contributed by atoms with Crippen LogP contribution in [0.1, 0.15) is 30.5 Å². The fourth-order valence-corrected chi connectivity index (χ4v) is 3.93. The van der Waals surface area contributed by atoms with E-state index in [0.717, 1.165) is 24.1 Å². The summed E-state index contributed by atoms with van der Waals surface area (Å²) in [7, 11) is 6.51. The number of hydrogen-bond acceptors (Lipinski definition) is 6. The Balaban J connectivity index is 1.56. The number of pyridine rings is 1. The summed E-state index contributed by atoms with van der Waals surface area (Å²) in [4.78, 5) is 26.7. The number of ether oxygens (including phenoxy) is 4. The molecule has 2 heterocycles. The molecule has 0 aliphatic carbocycles. The van der Waals surface area contributed by atoms with Crippen LogP contribution >= 0.6 is 0 Å². The summed E-state index contributed by atoms with van der Waals surface area (Å²) in [5.41, 5.74) is 1.62. The Morgan fingerprint density at radius 1 is 0.969 bits per heavy atom. The van der Waals surface area contributed by atoms with Crippen LogP contribution in [0.25, 0.3) is 0 Å². The highest BCUT2D eigenvalue weighted by Crippen LogP contribution is 2.35. The molecule has 0 saturated carbocycles. The maximum atomic E-state index is 12.8. The first-order valence-corrected chi connectivity index (χ1v) is 10.8. The van der Waals surface area contributed by atoms with Gasteiger partial charge in [0.05, 0.1) is 21.3 Å². The summed E-state index contributed by atoms with van der Waals surface area (Å²) in [5, 5.41) is 0. The van der Waals surface area contributed by atoms with Crippen molar-refractivity contribution < 1.29 is 23.7 Å². The molecule has 0 unspecified atom stereocenters. The lowest BCUT2D eigenvalue weighted by molar-refractivity contribution is -0.132. The second-order valence-electron chi connectivity index (χ2n) is 7.94. The minimum Gasteiger partial charge on any atom is -0.496 e. The Morgan fingerprint density at radius 2 is 1.59 bits per heavy atom. The topological polar surface area (TPSA) is 79.2 Å². The Kier molecular flexibility index (Phi) is 7.66. The van der Waals surface area contributed by atoms with Crippen LogP contribution in [0, 0.1) is 6.92 Å². The molecule has 32 heavy (non-hydrogen) atoms. The van der Waals surface area contributed by atoms with Gasteiger partial charge in [0.25, 0.3) is 5.56 Å². The SMILES string of the molecule is COc1cc(OC)c(CCC(=O)N2CCC(Oc3cc(C)n(C)c(=O)c3)CC2)c(OC)c1. The normalized spacial score (nSPS) is 14.2. The zero-order valence-electron chi connectivity index (χ0n) is 19.5. The van der Waals surface area contributed by atoms with Crippen LogP contribution in [0.3, 0.4) is 0 Å². The zero-order valence-corrected chi connectivity index (χ0v) is 19.5. The Labute approximate surface area is 188 Å². The first-order valence-electron chi connectivity index (χ1n) is 10.8. The molecule has 0 bridgehead atoms. The second-order valence-corrected chi connectivity index (χ2v) is 7.94. The highest BCUT2D eigenvalue weighted by Gasteiger charge is 2.25. The first kappa shape index (κ1) is 23.5. The smallest absolute Gasteiger partial charge is 0.254 e. The fraction of sp³-hybridized carbons (Fsp3) is 0.500. The lowest BCUT2D eigenvalue weighted by atomic mass is 10.0. The van der Waals surface area contributed by atoms with Gasteiger partial charge in [-0.1, -0.05) is 0 Å². The quantitative estimate of drug-likeness (QED) is 0.623. The van der Waals surface area contributed by atoms with Crippen LogP contribution in [-0.4, -0.2) is 55.9 Å². The summed E-state index contributed by atoms with van der Waals surface area (Å²) in [6.07, 6.45) is 2.33. The van der Waals surface area contributed by atoms with Crippen molar-refractivity contribution in [2.45, 2.75) is 38.7 Å². The molecule has 1 aromatic heterocycles. The molecule has 0 N–H and O–H groups in total. The minimum atomic E-state index is -0.0861. The molecule has 2 aromatic rings. The molecule has 1 saturated heterocycles. The van der Waals surface area contributed by atoms with E-state index in [4.69, 9.17) is 18.9 Å². The molecular formula is C24H32N2O6. The lowest BCUT2D eigenvalue weighted by Crippen LogP contribution is -2.42. The van der Waals surface area contributed by atoms with E-state index in [0.29, 0.717) is 48.9 Å². The van der Waals surface area contributed by atoms with E-state index in [9.17, 15) is 9.59 Å². The maximum absolute atomic E-state index is 12.8. The van der Waals surface area contributed by atoms with Crippen molar-refractivity contribution in [2.75, 3.05) is 34.4 Å². The molecule has 174 valence electrons. The molecule has 1 fully saturated rings. The average molecular weight is 445 g/mol. The number of aryl methyl sites for hydroxylation is 1. The van der Waals surface area contributed by atoms with Crippen LogP contribution in [0.4, 0.5) is 0 Å². The van der Waals surface area contributed by atoms with Crippen LogP contribution in [0.2, 0.25) is 0 Å². The Hall–Kier alpha value is -3.16. The summed E-state index contributed by atoms with van der Waals surface area (Å²) in [6.45, 7) is 3.14. The number of carbonyl (C=O) groups excluding carboxylic acids is 1. The third-order valence-corrected chi connectivity index (χ3v) is 5.98. The van der Waals surface area contributed by atoms with Gasteiger partial charge in [0.15, 0.2) is 0 Å². The lowest BCUT2D eigenvalue weighted by Gasteiger charge is -2.32. The summed E-state index contributed by atoms with van der Waals surface area (Å²) >= 11 is 0. The highest BCUT2D eigenvalue weighted by atomic mass is 16.5. The van der Waals surface area contributed by atoms with Crippen molar-refractivity contribution >= 4 is 5.91 Å². The summed E-state index contributed by atoms with van der Waals surface area (Å²) < 4.78 is 23.8. The second kappa shape index (κ2) is 10.4. The van der Waals surface area contributed by atoms with Gasteiger partial charge in [0.2, 0.25) is 5.91 Å². The number of methoxy groups -OCH3 is 3. The molecule has 1 aliphatic heterocycles. The van der Waals surface area contributed by atoms with Crippen molar-refractivity contribution in [3.63, 3.8) is 0 Å². The van der Waals surface area contributed by atoms with Crippen molar-refractivity contribution in [3.8, 4) is 23.0 Å². The van der Waals surface area contributed by atoms with Crippen molar-refractivity contribution in [1.82, 2.24) is 9.47 Å². The molecule has 8 nitrogen and oxygen atoms in total. The van der Waals surface area contributed by atoms with Crippen molar-refractivity contribution in [1.29, 1.82) is 0 Å². The molecule has 8 heteroatoms.